The highest BCUT2D eigenvalue weighted by Crippen LogP contribution is 2.42. The molecule has 3 rings (SSSR count). The van der Waals surface area contributed by atoms with Crippen molar-refractivity contribution in [3.63, 3.8) is 0 Å². The molecule has 0 aliphatic heterocycles. The van der Waals surface area contributed by atoms with E-state index in [1.165, 1.54) is 62.7 Å². The third-order valence-electron chi connectivity index (χ3n) is 5.08. The summed E-state index contributed by atoms with van der Waals surface area (Å²) in [5.74, 6) is 2.14. The minimum absolute atomic E-state index is 0.877. The lowest BCUT2D eigenvalue weighted by Gasteiger charge is -2.35. The topological polar surface area (TPSA) is 0 Å². The molecule has 2 aliphatic carbocycles. The quantitative estimate of drug-likeness (QED) is 0.659. The third kappa shape index (κ3) is 3.78. The van der Waals surface area contributed by atoms with Crippen LogP contribution >= 0.6 is 11.8 Å². The normalized spacial score (nSPS) is 29.3. The average Bonchev–Trinajstić information content (AvgIpc) is 2.50. The van der Waals surface area contributed by atoms with Crippen LogP contribution in [0.3, 0.4) is 0 Å². The number of rotatable bonds is 3. The number of thioether (sulfide) groups is 1. The molecule has 0 N–H and O–H groups in total. The van der Waals surface area contributed by atoms with Crippen molar-refractivity contribution in [1.29, 1.82) is 0 Å². The summed E-state index contributed by atoms with van der Waals surface area (Å²) in [4.78, 5) is 1.46. The van der Waals surface area contributed by atoms with Gasteiger partial charge in [-0.1, -0.05) is 50.3 Å². The molecule has 2 fully saturated rings. The van der Waals surface area contributed by atoms with E-state index in [-0.39, 0.29) is 0 Å². The van der Waals surface area contributed by atoms with E-state index in [1.807, 2.05) is 0 Å². The first-order valence-corrected chi connectivity index (χ1v) is 9.01. The minimum atomic E-state index is 0.877. The lowest BCUT2D eigenvalue weighted by atomic mass is 9.73. The van der Waals surface area contributed by atoms with Gasteiger partial charge in [0.05, 0.1) is 0 Å². The maximum Gasteiger partial charge on any atom is 0.00946 e. The van der Waals surface area contributed by atoms with Crippen molar-refractivity contribution in [3.05, 3.63) is 30.3 Å². The fourth-order valence-corrected chi connectivity index (χ4v) is 5.18. The fraction of sp³-hybridized carbons (Fsp3) is 0.667. The molecule has 2 saturated carbocycles. The first-order chi connectivity index (χ1) is 9.42. The second-order valence-corrected chi connectivity index (χ2v) is 7.74. The molecule has 0 heterocycles. The summed E-state index contributed by atoms with van der Waals surface area (Å²) in [6.45, 7) is 0. The molecule has 0 atom stereocenters. The molecule has 0 saturated heterocycles. The van der Waals surface area contributed by atoms with Gasteiger partial charge in [-0.3, -0.25) is 0 Å². The van der Waals surface area contributed by atoms with Gasteiger partial charge < -0.3 is 0 Å². The Labute approximate surface area is 122 Å². The molecule has 0 spiro atoms. The van der Waals surface area contributed by atoms with Crippen LogP contribution in [0.15, 0.2) is 35.2 Å². The molecule has 0 unspecified atom stereocenters. The van der Waals surface area contributed by atoms with Gasteiger partial charge in [0.2, 0.25) is 0 Å². The maximum absolute atomic E-state index is 2.26. The van der Waals surface area contributed by atoms with E-state index in [4.69, 9.17) is 0 Å². The van der Waals surface area contributed by atoms with Crippen LogP contribution in [-0.2, 0) is 0 Å². The molecule has 2 aliphatic rings. The van der Waals surface area contributed by atoms with Crippen molar-refractivity contribution < 1.29 is 0 Å². The van der Waals surface area contributed by atoms with Crippen LogP contribution < -0.4 is 0 Å². The lowest BCUT2D eigenvalue weighted by Crippen LogP contribution is -2.24. The Kier molecular flexibility index (Phi) is 4.87. The summed E-state index contributed by atoms with van der Waals surface area (Å²) < 4.78 is 0. The molecule has 104 valence electrons. The molecule has 1 aromatic carbocycles. The number of hydrogen-bond acceptors (Lipinski definition) is 1. The van der Waals surface area contributed by atoms with E-state index in [9.17, 15) is 0 Å². The van der Waals surface area contributed by atoms with Gasteiger partial charge in [0.1, 0.15) is 0 Å². The van der Waals surface area contributed by atoms with E-state index in [2.05, 4.69) is 42.1 Å². The highest BCUT2D eigenvalue weighted by atomic mass is 32.2. The summed E-state index contributed by atoms with van der Waals surface area (Å²) in [6, 6.07) is 11.0. The Balaban J connectivity index is 1.46. The van der Waals surface area contributed by atoms with Crippen LogP contribution in [0.2, 0.25) is 0 Å². The summed E-state index contributed by atoms with van der Waals surface area (Å²) in [5, 5.41) is 0.877. The zero-order valence-electron chi connectivity index (χ0n) is 11.9. The van der Waals surface area contributed by atoms with Crippen molar-refractivity contribution in [2.24, 2.45) is 11.8 Å². The zero-order valence-corrected chi connectivity index (χ0v) is 12.7. The summed E-state index contributed by atoms with van der Waals surface area (Å²) in [6.07, 6.45) is 13.4. The molecular weight excluding hydrogens is 248 g/mol. The summed E-state index contributed by atoms with van der Waals surface area (Å²) in [5.41, 5.74) is 0. The van der Waals surface area contributed by atoms with Crippen LogP contribution in [0, 0.1) is 11.8 Å². The third-order valence-corrected chi connectivity index (χ3v) is 6.43. The van der Waals surface area contributed by atoms with Crippen LogP contribution in [0.5, 0.6) is 0 Å². The van der Waals surface area contributed by atoms with E-state index < -0.39 is 0 Å². The van der Waals surface area contributed by atoms with Crippen LogP contribution in [-0.4, -0.2) is 5.25 Å². The molecule has 0 nitrogen and oxygen atoms in total. The van der Waals surface area contributed by atoms with Crippen molar-refractivity contribution in [1.82, 2.24) is 0 Å². The summed E-state index contributed by atoms with van der Waals surface area (Å²) in [7, 11) is 0. The molecule has 0 bridgehead atoms. The van der Waals surface area contributed by atoms with E-state index in [0.29, 0.717) is 0 Å². The van der Waals surface area contributed by atoms with E-state index in [0.717, 1.165) is 17.1 Å². The van der Waals surface area contributed by atoms with Gasteiger partial charge in [-0.2, -0.15) is 0 Å². The van der Waals surface area contributed by atoms with Gasteiger partial charge in [-0.05, 0) is 49.7 Å². The highest BCUT2D eigenvalue weighted by molar-refractivity contribution is 8.00. The Bertz CT molecular complexity index is 359. The number of hydrogen-bond donors (Lipinski definition) is 0. The Morgan fingerprint density at radius 3 is 2.00 bits per heavy atom. The standard InChI is InChI=1S/C18H26S/c1-3-7-15(8-4-1)16-11-13-18(14-12-16)19-17-9-5-2-6-10-17/h2,5-6,9-10,15-16,18H,1,3-4,7-8,11-14H2. The minimum Gasteiger partial charge on any atom is -0.123 e. The molecule has 1 aromatic rings. The van der Waals surface area contributed by atoms with Crippen molar-refractivity contribution in [2.45, 2.75) is 67.9 Å². The fourth-order valence-electron chi connectivity index (χ4n) is 3.97. The van der Waals surface area contributed by atoms with Crippen molar-refractivity contribution in [3.8, 4) is 0 Å². The van der Waals surface area contributed by atoms with Gasteiger partial charge in [-0.25, -0.2) is 0 Å². The first-order valence-electron chi connectivity index (χ1n) is 8.13. The first kappa shape index (κ1) is 13.5. The molecule has 0 radical (unpaired) electrons. The van der Waals surface area contributed by atoms with E-state index in [1.54, 1.807) is 0 Å². The second-order valence-electron chi connectivity index (χ2n) is 6.37. The highest BCUT2D eigenvalue weighted by Gasteiger charge is 2.28. The smallest absolute Gasteiger partial charge is 0.00946 e. The zero-order chi connectivity index (χ0) is 12.9. The van der Waals surface area contributed by atoms with Gasteiger partial charge in [0, 0.05) is 10.1 Å². The monoisotopic (exact) mass is 274 g/mol. The van der Waals surface area contributed by atoms with E-state index >= 15 is 0 Å². The second kappa shape index (κ2) is 6.83. The molecule has 0 amide bonds. The van der Waals surface area contributed by atoms with Crippen molar-refractivity contribution in [2.75, 3.05) is 0 Å². The van der Waals surface area contributed by atoms with Gasteiger partial charge in [-0.15, -0.1) is 11.8 Å². The Morgan fingerprint density at radius 1 is 0.684 bits per heavy atom. The predicted octanol–water partition coefficient (Wildman–Crippen LogP) is 5.92. The predicted molar refractivity (Wildman–Crippen MR) is 84.6 cm³/mol. The van der Waals surface area contributed by atoms with Gasteiger partial charge in [0.25, 0.3) is 0 Å². The van der Waals surface area contributed by atoms with Crippen LogP contribution in [0.1, 0.15) is 57.8 Å². The molecular formula is C18H26S. The van der Waals surface area contributed by atoms with Gasteiger partial charge in [0.15, 0.2) is 0 Å². The van der Waals surface area contributed by atoms with Gasteiger partial charge >= 0.3 is 0 Å². The Morgan fingerprint density at radius 2 is 1.32 bits per heavy atom. The average molecular weight is 274 g/mol. The van der Waals surface area contributed by atoms with Crippen LogP contribution in [0.25, 0.3) is 0 Å². The van der Waals surface area contributed by atoms with Crippen molar-refractivity contribution >= 4 is 11.8 Å². The number of benzene rings is 1. The Hall–Kier alpha value is -0.430. The summed E-state index contributed by atoms with van der Waals surface area (Å²) >= 11 is 2.11. The molecule has 0 aromatic heterocycles. The van der Waals surface area contributed by atoms with Crippen LogP contribution in [0.4, 0.5) is 0 Å². The molecule has 1 heteroatoms. The lowest BCUT2D eigenvalue weighted by molar-refractivity contribution is 0.198. The maximum atomic E-state index is 2.26. The largest absolute Gasteiger partial charge is 0.123 e. The molecule has 19 heavy (non-hydrogen) atoms. The SMILES string of the molecule is c1ccc(SC2CCC(C3CCCCC3)CC2)cc1.